The fourth-order valence-electron chi connectivity index (χ4n) is 4.79. The van der Waals surface area contributed by atoms with Crippen molar-refractivity contribution in [1.82, 2.24) is 0 Å². The van der Waals surface area contributed by atoms with Gasteiger partial charge >= 0.3 is 0 Å². The van der Waals surface area contributed by atoms with Gasteiger partial charge in [0.2, 0.25) is 0 Å². The Hall–Kier alpha value is -4.00. The summed E-state index contributed by atoms with van der Waals surface area (Å²) in [5.74, 6) is -0.796. The van der Waals surface area contributed by atoms with Crippen LogP contribution < -0.4 is 4.90 Å². The monoisotopic (exact) mass is 505 g/mol. The van der Waals surface area contributed by atoms with Crippen molar-refractivity contribution in [1.29, 1.82) is 0 Å². The van der Waals surface area contributed by atoms with Gasteiger partial charge < -0.3 is 0 Å². The number of thiophene rings is 1. The molecule has 0 amide bonds. The van der Waals surface area contributed by atoms with Crippen molar-refractivity contribution in [2.24, 2.45) is 0 Å². The summed E-state index contributed by atoms with van der Waals surface area (Å²) in [4.78, 5) is 31.2. The number of hydrogen-bond donors (Lipinski definition) is 0. The molecule has 0 spiro atoms. The summed E-state index contributed by atoms with van der Waals surface area (Å²) in [6, 6.07) is 28.0. The van der Waals surface area contributed by atoms with Gasteiger partial charge in [0.15, 0.2) is 11.6 Å². The first-order chi connectivity index (χ1) is 17.6. The third-order valence-electron chi connectivity index (χ3n) is 6.47. The van der Waals surface area contributed by atoms with Crippen LogP contribution in [0.15, 0.2) is 106 Å². The number of rotatable bonds is 2. The number of benzene rings is 4. The number of carbonyl (C=O) groups excluding carboxylic acids is 2. The van der Waals surface area contributed by atoms with Crippen molar-refractivity contribution in [2.75, 3.05) is 4.90 Å². The summed E-state index contributed by atoms with van der Waals surface area (Å²) in [6.45, 7) is 0. The predicted octanol–water partition coefficient (Wildman–Crippen LogP) is 8.44. The van der Waals surface area contributed by atoms with Gasteiger partial charge in [0.05, 0.1) is 16.9 Å². The Morgan fingerprint density at radius 3 is 2.11 bits per heavy atom. The molecule has 1 aromatic heterocycles. The highest BCUT2D eigenvalue weighted by atomic mass is 32.2. The van der Waals surface area contributed by atoms with Crippen LogP contribution in [0.1, 0.15) is 25.6 Å². The van der Waals surface area contributed by atoms with E-state index in [0.29, 0.717) is 11.1 Å². The van der Waals surface area contributed by atoms with Gasteiger partial charge in [-0.3, -0.25) is 14.5 Å². The number of para-hydroxylation sites is 1. The molecule has 2 heterocycles. The molecule has 3 nitrogen and oxygen atoms in total. The van der Waals surface area contributed by atoms with Crippen LogP contribution in [0, 0.1) is 5.82 Å². The van der Waals surface area contributed by atoms with E-state index < -0.39 is 0 Å². The molecule has 0 bridgehead atoms. The van der Waals surface area contributed by atoms with Gasteiger partial charge in [-0.1, -0.05) is 48.2 Å². The largest absolute Gasteiger partial charge is 0.299 e. The van der Waals surface area contributed by atoms with Crippen LogP contribution in [0.3, 0.4) is 0 Å². The lowest BCUT2D eigenvalue weighted by Gasteiger charge is -2.31. The second-order valence-corrected chi connectivity index (χ2v) is 10.8. The number of fused-ring (bicyclic) bond motifs is 4. The fraction of sp³-hybridized carbons (Fsp3) is 0. The minimum Gasteiger partial charge on any atom is -0.299 e. The molecule has 7 rings (SSSR count). The molecule has 5 aromatic rings. The normalized spacial score (nSPS) is 14.1. The first-order valence-electron chi connectivity index (χ1n) is 11.4. The summed E-state index contributed by atoms with van der Waals surface area (Å²) in [7, 11) is 0. The van der Waals surface area contributed by atoms with Crippen LogP contribution in [0.4, 0.5) is 20.8 Å². The van der Waals surface area contributed by atoms with E-state index in [4.69, 9.17) is 0 Å². The Morgan fingerprint density at radius 1 is 0.694 bits per heavy atom. The van der Waals surface area contributed by atoms with Gasteiger partial charge in [-0.15, -0.1) is 11.3 Å². The van der Waals surface area contributed by atoms with Gasteiger partial charge in [0.25, 0.3) is 0 Å². The van der Waals surface area contributed by atoms with Crippen LogP contribution in [0.25, 0.3) is 16.8 Å². The number of allylic oxidation sites excluding steroid dienone is 1. The van der Waals surface area contributed by atoms with Crippen LogP contribution in [0.5, 0.6) is 0 Å². The van der Waals surface area contributed by atoms with E-state index in [1.54, 1.807) is 42.1 Å². The molecule has 0 saturated carbocycles. The molecule has 2 aliphatic rings. The Morgan fingerprint density at radius 2 is 1.36 bits per heavy atom. The summed E-state index contributed by atoms with van der Waals surface area (Å²) in [5, 5.41) is 2.75. The molecule has 4 aromatic carbocycles. The van der Waals surface area contributed by atoms with E-state index >= 15 is 0 Å². The number of ketones is 2. The van der Waals surface area contributed by atoms with Crippen molar-refractivity contribution < 1.29 is 14.0 Å². The molecule has 0 saturated heterocycles. The van der Waals surface area contributed by atoms with E-state index in [-0.39, 0.29) is 23.0 Å². The number of anilines is 3. The lowest BCUT2D eigenvalue weighted by atomic mass is 10.0. The lowest BCUT2D eigenvalue weighted by Crippen LogP contribution is -2.13. The highest BCUT2D eigenvalue weighted by molar-refractivity contribution is 7.99. The summed E-state index contributed by atoms with van der Waals surface area (Å²) < 4.78 is 14.2. The highest BCUT2D eigenvalue weighted by Gasteiger charge is 2.34. The Bertz CT molecular complexity index is 1730. The Kier molecular flexibility index (Phi) is 4.74. The molecule has 0 N–H and O–H groups in total. The van der Waals surface area contributed by atoms with Crippen LogP contribution in [-0.4, -0.2) is 11.6 Å². The molecule has 1 aliphatic heterocycles. The maximum Gasteiger partial charge on any atom is 0.197 e. The van der Waals surface area contributed by atoms with E-state index in [2.05, 4.69) is 0 Å². The molecular weight excluding hydrogens is 489 g/mol. The molecular formula is C30H16FNO2S2. The Labute approximate surface area is 214 Å². The van der Waals surface area contributed by atoms with Gasteiger partial charge in [-0.25, -0.2) is 4.39 Å². The third-order valence-corrected chi connectivity index (χ3v) is 8.62. The zero-order valence-electron chi connectivity index (χ0n) is 18.7. The smallest absolute Gasteiger partial charge is 0.197 e. The third kappa shape index (κ3) is 3.26. The van der Waals surface area contributed by atoms with E-state index in [1.165, 1.54) is 17.4 Å². The molecule has 1 aliphatic carbocycles. The van der Waals surface area contributed by atoms with E-state index in [0.717, 1.165) is 41.8 Å². The average Bonchev–Trinajstić information content (AvgIpc) is 3.45. The molecule has 36 heavy (non-hydrogen) atoms. The molecule has 6 heteroatoms. The predicted molar refractivity (Wildman–Crippen MR) is 144 cm³/mol. The van der Waals surface area contributed by atoms with Crippen molar-refractivity contribution in [3.05, 3.63) is 118 Å². The second-order valence-electron chi connectivity index (χ2n) is 8.65. The topological polar surface area (TPSA) is 37.4 Å². The van der Waals surface area contributed by atoms with Crippen molar-refractivity contribution in [2.45, 2.75) is 9.79 Å². The summed E-state index contributed by atoms with van der Waals surface area (Å²) in [6.07, 6.45) is 1.68. The highest BCUT2D eigenvalue weighted by Crippen LogP contribution is 2.52. The molecule has 0 radical (unpaired) electrons. The van der Waals surface area contributed by atoms with Crippen molar-refractivity contribution >= 4 is 67.9 Å². The number of nitrogens with zero attached hydrogens (tertiary/aromatic N) is 1. The molecule has 0 fully saturated rings. The fourth-order valence-corrected chi connectivity index (χ4v) is 6.80. The maximum atomic E-state index is 14.2. The van der Waals surface area contributed by atoms with Crippen LogP contribution in [-0.2, 0) is 0 Å². The quantitative estimate of drug-likeness (QED) is 0.175. The summed E-state index contributed by atoms with van der Waals surface area (Å²) >= 11 is 3.07. The molecule has 172 valence electrons. The zero-order chi connectivity index (χ0) is 24.4. The standard InChI is InChI=1S/C30H16FNO2S2/c31-19-9-11-27-25(15-19)32(24-7-3-4-8-26(24)36-27)28-12-10-20(35-28)16-23-29(33)21-13-17-5-1-2-6-18(17)14-22(21)30(23)34/h1-16H. The van der Waals surface area contributed by atoms with Gasteiger partial charge in [0, 0.05) is 25.8 Å². The van der Waals surface area contributed by atoms with Crippen molar-refractivity contribution in [3.8, 4) is 0 Å². The van der Waals surface area contributed by atoms with Gasteiger partial charge in [-0.2, -0.15) is 0 Å². The van der Waals surface area contributed by atoms with Crippen LogP contribution in [0.2, 0.25) is 0 Å². The minimum absolute atomic E-state index is 0.176. The van der Waals surface area contributed by atoms with Crippen LogP contribution >= 0.6 is 23.1 Å². The number of Topliss-reactive ketones (excluding diaryl/α,β-unsaturated/α-hetero) is 2. The van der Waals surface area contributed by atoms with Gasteiger partial charge in [-0.05, 0) is 71.4 Å². The number of hydrogen-bond acceptors (Lipinski definition) is 5. The SMILES string of the molecule is O=C1C(=Cc2ccc(N3c4ccccc4Sc4ccc(F)cc43)s2)C(=O)c2cc3ccccc3cc21. The molecule has 0 unspecified atom stereocenters. The Balaban J connectivity index is 1.30. The van der Waals surface area contributed by atoms with Crippen molar-refractivity contribution in [3.63, 3.8) is 0 Å². The number of carbonyl (C=O) groups is 2. The average molecular weight is 506 g/mol. The lowest BCUT2D eigenvalue weighted by molar-refractivity contribution is 0.0990. The van der Waals surface area contributed by atoms with Gasteiger partial charge in [0.1, 0.15) is 10.8 Å². The van der Waals surface area contributed by atoms with E-state index in [1.807, 2.05) is 65.6 Å². The zero-order valence-corrected chi connectivity index (χ0v) is 20.3. The first kappa shape index (κ1) is 21.3. The van der Waals surface area contributed by atoms with E-state index in [9.17, 15) is 14.0 Å². The molecule has 0 atom stereocenters. The maximum absolute atomic E-state index is 14.2. The second kappa shape index (κ2) is 8.01. The minimum atomic E-state index is -0.301. The summed E-state index contributed by atoms with van der Waals surface area (Å²) in [5.41, 5.74) is 2.82. The number of halogens is 1. The first-order valence-corrected chi connectivity index (χ1v) is 13.0.